The van der Waals surface area contributed by atoms with E-state index in [2.05, 4.69) is 0 Å². The molecule has 0 bridgehead atoms. The molecule has 1 aliphatic carbocycles. The minimum atomic E-state index is -0.733. The van der Waals surface area contributed by atoms with Gasteiger partial charge in [-0.1, -0.05) is 0 Å². The number of halogens is 1. The average Bonchev–Trinajstić information content (AvgIpc) is 2.17. The van der Waals surface area contributed by atoms with Crippen LogP contribution in [0.15, 0.2) is 0 Å². The minimum absolute atomic E-state index is 0. The monoisotopic (exact) mass is 151 g/mol. The van der Waals surface area contributed by atoms with E-state index < -0.39 is 5.97 Å². The maximum Gasteiger partial charge on any atom is 0.303 e. The van der Waals surface area contributed by atoms with Crippen LogP contribution in [0.5, 0.6) is 0 Å². The molecular weight excluding hydrogens is 142 g/mol. The number of rotatable bonds is 2. The number of carboxylic acids is 1. The third kappa shape index (κ3) is 2.67. The molecule has 0 amide bonds. The molecule has 0 saturated heterocycles. The highest BCUT2D eigenvalue weighted by molar-refractivity contribution is 5.85. The van der Waals surface area contributed by atoms with Crippen molar-refractivity contribution in [1.29, 1.82) is 0 Å². The molecule has 2 unspecified atom stereocenters. The zero-order chi connectivity index (χ0) is 6.15. The molecule has 0 radical (unpaired) electrons. The molecule has 2 atom stereocenters. The van der Waals surface area contributed by atoms with E-state index in [0.717, 1.165) is 6.42 Å². The first-order valence-corrected chi connectivity index (χ1v) is 2.67. The average molecular weight is 152 g/mol. The maximum absolute atomic E-state index is 9.94. The van der Waals surface area contributed by atoms with Crippen molar-refractivity contribution in [3.8, 4) is 0 Å². The van der Waals surface area contributed by atoms with E-state index in [-0.39, 0.29) is 30.8 Å². The molecule has 1 saturated carbocycles. The lowest BCUT2D eigenvalue weighted by molar-refractivity contribution is -0.137. The Kier molecular flexibility index (Phi) is 2.94. The summed E-state index contributed by atoms with van der Waals surface area (Å²) in [5.74, 6) is -0.463. The molecule has 1 aliphatic rings. The zero-order valence-electron chi connectivity index (χ0n) is 4.91. The molecule has 0 heterocycles. The van der Waals surface area contributed by atoms with E-state index in [1.807, 2.05) is 0 Å². The first kappa shape index (κ1) is 8.72. The predicted octanol–water partition coefficient (Wildman–Crippen LogP) is 0.230. The van der Waals surface area contributed by atoms with Gasteiger partial charge in [0.2, 0.25) is 0 Å². The fourth-order valence-corrected chi connectivity index (χ4v) is 0.730. The molecule has 0 spiro atoms. The lowest BCUT2D eigenvalue weighted by atomic mass is 10.3. The van der Waals surface area contributed by atoms with Crippen molar-refractivity contribution in [3.05, 3.63) is 0 Å². The van der Waals surface area contributed by atoms with Crippen LogP contribution in [-0.4, -0.2) is 17.1 Å². The van der Waals surface area contributed by atoms with Crippen LogP contribution in [0.1, 0.15) is 12.8 Å². The molecular formula is C5H10ClNO2. The van der Waals surface area contributed by atoms with Crippen molar-refractivity contribution in [3.63, 3.8) is 0 Å². The van der Waals surface area contributed by atoms with Crippen LogP contribution >= 0.6 is 12.4 Å². The van der Waals surface area contributed by atoms with Crippen LogP contribution in [0, 0.1) is 5.92 Å². The number of carbonyl (C=O) groups is 1. The first-order chi connectivity index (χ1) is 3.70. The Morgan fingerprint density at radius 2 is 2.22 bits per heavy atom. The second-order valence-electron chi connectivity index (χ2n) is 2.26. The Bertz CT molecular complexity index is 118. The molecule has 4 heteroatoms. The van der Waals surface area contributed by atoms with E-state index in [1.165, 1.54) is 0 Å². The molecule has 3 N–H and O–H groups in total. The molecule has 0 aromatic rings. The van der Waals surface area contributed by atoms with Gasteiger partial charge in [0.25, 0.3) is 0 Å². The standard InChI is InChI=1S/C5H9NO2.ClH/c6-4-1-3(4)2-5(7)8;/h3-4H,1-2,6H2,(H,7,8);1H. The highest BCUT2D eigenvalue weighted by atomic mass is 35.5. The first-order valence-electron chi connectivity index (χ1n) is 2.67. The number of hydrogen-bond donors (Lipinski definition) is 2. The van der Waals surface area contributed by atoms with Crippen molar-refractivity contribution in [2.24, 2.45) is 11.7 Å². The van der Waals surface area contributed by atoms with Gasteiger partial charge in [0, 0.05) is 12.5 Å². The van der Waals surface area contributed by atoms with Crippen molar-refractivity contribution in [2.75, 3.05) is 0 Å². The summed E-state index contributed by atoms with van der Waals surface area (Å²) >= 11 is 0. The van der Waals surface area contributed by atoms with Crippen LogP contribution in [0.4, 0.5) is 0 Å². The normalized spacial score (nSPS) is 30.8. The molecule has 1 rings (SSSR count). The summed E-state index contributed by atoms with van der Waals surface area (Å²) < 4.78 is 0. The fourth-order valence-electron chi connectivity index (χ4n) is 0.730. The van der Waals surface area contributed by atoms with Gasteiger partial charge in [0.1, 0.15) is 0 Å². The summed E-state index contributed by atoms with van der Waals surface area (Å²) in [6, 6.07) is 0.172. The highest BCUT2D eigenvalue weighted by Gasteiger charge is 2.34. The molecule has 3 nitrogen and oxygen atoms in total. The predicted molar refractivity (Wildman–Crippen MR) is 35.6 cm³/mol. The van der Waals surface area contributed by atoms with Crippen molar-refractivity contribution < 1.29 is 9.90 Å². The third-order valence-electron chi connectivity index (χ3n) is 1.41. The van der Waals surface area contributed by atoms with Gasteiger partial charge < -0.3 is 10.8 Å². The van der Waals surface area contributed by atoms with Gasteiger partial charge in [0.15, 0.2) is 0 Å². The van der Waals surface area contributed by atoms with E-state index in [9.17, 15) is 4.79 Å². The summed E-state index contributed by atoms with van der Waals surface area (Å²) in [5, 5.41) is 8.19. The molecule has 9 heavy (non-hydrogen) atoms. The van der Waals surface area contributed by atoms with Gasteiger partial charge >= 0.3 is 5.97 Å². The number of carboxylic acid groups (broad SMARTS) is 1. The van der Waals surface area contributed by atoms with Gasteiger partial charge in [-0.25, -0.2) is 0 Å². The maximum atomic E-state index is 9.94. The van der Waals surface area contributed by atoms with E-state index >= 15 is 0 Å². The number of nitrogens with two attached hydrogens (primary N) is 1. The number of aliphatic carboxylic acids is 1. The van der Waals surface area contributed by atoms with Crippen LogP contribution < -0.4 is 5.73 Å². The summed E-state index contributed by atoms with van der Waals surface area (Å²) in [4.78, 5) is 9.94. The Morgan fingerprint density at radius 3 is 2.33 bits per heavy atom. The van der Waals surface area contributed by atoms with E-state index in [0.29, 0.717) is 0 Å². The second-order valence-corrected chi connectivity index (χ2v) is 2.26. The van der Waals surface area contributed by atoms with E-state index in [1.54, 1.807) is 0 Å². The summed E-state index contributed by atoms with van der Waals surface area (Å²) in [5.41, 5.74) is 5.35. The summed E-state index contributed by atoms with van der Waals surface area (Å²) in [7, 11) is 0. The smallest absolute Gasteiger partial charge is 0.303 e. The Morgan fingerprint density at radius 1 is 1.78 bits per heavy atom. The van der Waals surface area contributed by atoms with Crippen molar-refractivity contribution in [2.45, 2.75) is 18.9 Å². The van der Waals surface area contributed by atoms with Crippen molar-refractivity contribution >= 4 is 18.4 Å². The minimum Gasteiger partial charge on any atom is -0.481 e. The topological polar surface area (TPSA) is 63.3 Å². The van der Waals surface area contributed by atoms with Gasteiger partial charge in [-0.3, -0.25) is 4.79 Å². The lowest BCUT2D eigenvalue weighted by Crippen LogP contribution is -2.05. The third-order valence-corrected chi connectivity index (χ3v) is 1.41. The summed E-state index contributed by atoms with van der Waals surface area (Å²) in [6.45, 7) is 0. The Balaban J connectivity index is 0.000000640. The molecule has 0 aromatic heterocycles. The quantitative estimate of drug-likeness (QED) is 0.594. The second kappa shape index (κ2) is 3.03. The van der Waals surface area contributed by atoms with E-state index in [4.69, 9.17) is 10.8 Å². The zero-order valence-corrected chi connectivity index (χ0v) is 5.73. The molecule has 1 fully saturated rings. The Labute approximate surface area is 59.6 Å². The van der Waals surface area contributed by atoms with Crippen LogP contribution in [-0.2, 0) is 4.79 Å². The largest absolute Gasteiger partial charge is 0.481 e. The van der Waals surface area contributed by atoms with Gasteiger partial charge in [-0.15, -0.1) is 12.4 Å². The molecule has 54 valence electrons. The fraction of sp³-hybridized carbons (Fsp3) is 0.800. The van der Waals surface area contributed by atoms with Crippen LogP contribution in [0.25, 0.3) is 0 Å². The van der Waals surface area contributed by atoms with Gasteiger partial charge in [-0.05, 0) is 12.3 Å². The van der Waals surface area contributed by atoms with Crippen LogP contribution in [0.3, 0.4) is 0 Å². The van der Waals surface area contributed by atoms with Gasteiger partial charge in [-0.2, -0.15) is 0 Å². The van der Waals surface area contributed by atoms with Crippen molar-refractivity contribution in [1.82, 2.24) is 0 Å². The Hall–Kier alpha value is -0.280. The summed E-state index contributed by atoms with van der Waals surface area (Å²) in [6.07, 6.45) is 1.15. The van der Waals surface area contributed by atoms with Gasteiger partial charge in [0.05, 0.1) is 0 Å². The lowest BCUT2D eigenvalue weighted by Gasteiger charge is -1.86. The highest BCUT2D eigenvalue weighted by Crippen LogP contribution is 2.30. The number of hydrogen-bond acceptors (Lipinski definition) is 2. The SMILES string of the molecule is Cl.NC1CC1CC(=O)O. The molecule has 0 aliphatic heterocycles. The molecule has 0 aromatic carbocycles. The van der Waals surface area contributed by atoms with Crippen LogP contribution in [0.2, 0.25) is 0 Å².